The maximum absolute atomic E-state index is 12.0. The van der Waals surface area contributed by atoms with E-state index in [1.807, 2.05) is 66.5 Å². The average Bonchev–Trinajstić information content (AvgIpc) is 2.29. The second-order valence-corrected chi connectivity index (χ2v) is 3.45. The maximum Gasteiger partial charge on any atom is 0.199 e. The molecule has 1 heterocycles. The predicted octanol–water partition coefficient (Wildman–Crippen LogP) is -1.25. The minimum absolute atomic E-state index is 0. The van der Waals surface area contributed by atoms with Crippen molar-refractivity contribution in [1.82, 2.24) is 0 Å². The van der Waals surface area contributed by atoms with Crippen LogP contribution in [-0.4, -0.2) is 5.78 Å². The van der Waals surface area contributed by atoms with Gasteiger partial charge in [0.15, 0.2) is 18.2 Å². The van der Waals surface area contributed by atoms with Crippen molar-refractivity contribution in [2.45, 2.75) is 0 Å². The standard InChI is InChI=1S/C13H12NO.ClH/c1-14-9-5-8-12(10-14)13(15)11-6-3-2-4-7-11;/h2-10H,1H3;1H/q+1;/p-1. The molecule has 2 nitrogen and oxygen atoms in total. The number of nitrogens with zero attached hydrogens (tertiary/aromatic N) is 1. The van der Waals surface area contributed by atoms with Crippen molar-refractivity contribution in [2.24, 2.45) is 7.05 Å². The van der Waals surface area contributed by atoms with Gasteiger partial charge in [0, 0.05) is 11.6 Å². The Hall–Kier alpha value is -1.67. The van der Waals surface area contributed by atoms with Crippen molar-refractivity contribution in [2.75, 3.05) is 0 Å². The van der Waals surface area contributed by atoms with Crippen LogP contribution < -0.4 is 17.0 Å². The van der Waals surface area contributed by atoms with Crippen LogP contribution in [0.2, 0.25) is 0 Å². The van der Waals surface area contributed by atoms with Gasteiger partial charge in [-0.15, -0.1) is 0 Å². The summed E-state index contributed by atoms with van der Waals surface area (Å²) in [5.41, 5.74) is 1.44. The lowest BCUT2D eigenvalue weighted by molar-refractivity contribution is -0.671. The Kier molecular flexibility index (Phi) is 4.20. The van der Waals surface area contributed by atoms with Gasteiger partial charge in [0.1, 0.15) is 7.05 Å². The molecule has 0 N–H and O–H groups in total. The molecule has 1 aromatic heterocycles. The fourth-order valence-corrected chi connectivity index (χ4v) is 1.48. The molecule has 0 aliphatic carbocycles. The molecule has 0 unspecified atom stereocenters. The van der Waals surface area contributed by atoms with Gasteiger partial charge in [-0.05, 0) is 6.07 Å². The van der Waals surface area contributed by atoms with Gasteiger partial charge < -0.3 is 12.4 Å². The summed E-state index contributed by atoms with van der Waals surface area (Å²) < 4.78 is 1.87. The monoisotopic (exact) mass is 233 g/mol. The third-order valence-corrected chi connectivity index (χ3v) is 2.24. The lowest BCUT2D eigenvalue weighted by atomic mass is 10.1. The number of halogens is 1. The predicted molar refractivity (Wildman–Crippen MR) is 57.5 cm³/mol. The number of aromatic nitrogens is 1. The third-order valence-electron chi connectivity index (χ3n) is 2.24. The molecule has 0 spiro atoms. The van der Waals surface area contributed by atoms with Crippen molar-refractivity contribution in [3.05, 3.63) is 66.0 Å². The highest BCUT2D eigenvalue weighted by Crippen LogP contribution is 2.06. The minimum atomic E-state index is 0. The Labute approximate surface area is 101 Å². The highest BCUT2D eigenvalue weighted by atomic mass is 35.5. The number of carbonyl (C=O) groups is 1. The largest absolute Gasteiger partial charge is 1.00 e. The van der Waals surface area contributed by atoms with Crippen LogP contribution in [0.3, 0.4) is 0 Å². The molecular weight excluding hydrogens is 222 g/mol. The van der Waals surface area contributed by atoms with E-state index >= 15 is 0 Å². The van der Waals surface area contributed by atoms with Crippen LogP contribution in [0, 0.1) is 0 Å². The zero-order valence-electron chi connectivity index (χ0n) is 8.93. The molecular formula is C13H12ClNO. The molecule has 0 radical (unpaired) electrons. The number of rotatable bonds is 2. The van der Waals surface area contributed by atoms with E-state index in [9.17, 15) is 4.79 Å². The second-order valence-electron chi connectivity index (χ2n) is 3.45. The van der Waals surface area contributed by atoms with Crippen LogP contribution in [0.5, 0.6) is 0 Å². The van der Waals surface area contributed by atoms with Crippen LogP contribution in [0.15, 0.2) is 54.9 Å². The number of hydrogen-bond donors (Lipinski definition) is 0. The molecule has 2 aromatic rings. The molecule has 0 aliphatic heterocycles. The molecule has 0 amide bonds. The molecule has 0 bridgehead atoms. The molecule has 82 valence electrons. The first-order valence-corrected chi connectivity index (χ1v) is 4.82. The summed E-state index contributed by atoms with van der Waals surface area (Å²) >= 11 is 0. The first-order chi connectivity index (χ1) is 7.27. The Bertz CT molecular complexity index is 482. The molecule has 0 saturated heterocycles. The van der Waals surface area contributed by atoms with Crippen LogP contribution in [0.1, 0.15) is 15.9 Å². The Balaban J connectivity index is 0.00000128. The summed E-state index contributed by atoms with van der Waals surface area (Å²) in [6.07, 6.45) is 3.73. The maximum atomic E-state index is 12.0. The molecule has 1 aromatic carbocycles. The van der Waals surface area contributed by atoms with Gasteiger partial charge in [-0.2, -0.15) is 0 Å². The third kappa shape index (κ3) is 2.67. The number of hydrogen-bond acceptors (Lipinski definition) is 1. The zero-order chi connectivity index (χ0) is 10.7. The summed E-state index contributed by atoms with van der Waals surface area (Å²) in [5.74, 6) is 0.0619. The van der Waals surface area contributed by atoms with E-state index in [0.29, 0.717) is 5.56 Å². The smallest absolute Gasteiger partial charge is 0.199 e. The Morgan fingerprint density at radius 2 is 1.62 bits per heavy atom. The SMILES string of the molecule is C[n+]1cccc(C(=O)c2ccccc2)c1.[Cl-]. The van der Waals surface area contributed by atoms with E-state index in [2.05, 4.69) is 0 Å². The van der Waals surface area contributed by atoms with Gasteiger partial charge in [0.25, 0.3) is 0 Å². The number of pyridine rings is 1. The number of ketones is 1. The van der Waals surface area contributed by atoms with Crippen molar-refractivity contribution >= 4 is 5.78 Å². The van der Waals surface area contributed by atoms with Gasteiger partial charge in [-0.1, -0.05) is 30.3 Å². The summed E-state index contributed by atoms with van der Waals surface area (Å²) in [7, 11) is 1.90. The summed E-state index contributed by atoms with van der Waals surface area (Å²) in [6.45, 7) is 0. The van der Waals surface area contributed by atoms with Gasteiger partial charge in [-0.25, -0.2) is 4.57 Å². The Morgan fingerprint density at radius 3 is 2.25 bits per heavy atom. The number of carbonyl (C=O) groups excluding carboxylic acids is 1. The highest BCUT2D eigenvalue weighted by Gasteiger charge is 2.10. The second kappa shape index (κ2) is 5.42. The van der Waals surface area contributed by atoms with E-state index < -0.39 is 0 Å². The molecule has 0 fully saturated rings. The minimum Gasteiger partial charge on any atom is -1.00 e. The van der Waals surface area contributed by atoms with E-state index in [1.54, 1.807) is 0 Å². The lowest BCUT2D eigenvalue weighted by Gasteiger charge is -1.98. The van der Waals surface area contributed by atoms with Crippen LogP contribution in [0.4, 0.5) is 0 Å². The molecule has 0 aliphatic rings. The number of aryl methyl sites for hydroxylation is 1. The first-order valence-electron chi connectivity index (χ1n) is 4.82. The van der Waals surface area contributed by atoms with Crippen molar-refractivity contribution in [3.63, 3.8) is 0 Å². The topological polar surface area (TPSA) is 20.9 Å². The van der Waals surface area contributed by atoms with Gasteiger partial charge in [0.05, 0.1) is 5.56 Å². The highest BCUT2D eigenvalue weighted by molar-refractivity contribution is 6.08. The van der Waals surface area contributed by atoms with Gasteiger partial charge in [0.2, 0.25) is 0 Å². The zero-order valence-corrected chi connectivity index (χ0v) is 9.69. The van der Waals surface area contributed by atoms with Crippen LogP contribution in [-0.2, 0) is 7.05 Å². The lowest BCUT2D eigenvalue weighted by Crippen LogP contribution is -3.00. The first kappa shape index (κ1) is 12.4. The summed E-state index contributed by atoms with van der Waals surface area (Å²) in [4.78, 5) is 12.0. The Morgan fingerprint density at radius 1 is 1.00 bits per heavy atom. The van der Waals surface area contributed by atoms with Crippen LogP contribution in [0.25, 0.3) is 0 Å². The summed E-state index contributed by atoms with van der Waals surface area (Å²) in [5, 5.41) is 0. The van der Waals surface area contributed by atoms with Crippen molar-refractivity contribution in [3.8, 4) is 0 Å². The van der Waals surface area contributed by atoms with Crippen molar-refractivity contribution < 1.29 is 21.8 Å². The normalized spacial score (nSPS) is 9.31. The quantitative estimate of drug-likeness (QED) is 0.469. The molecule has 0 saturated carbocycles. The molecule has 16 heavy (non-hydrogen) atoms. The fraction of sp³-hybridized carbons (Fsp3) is 0.0769. The molecule has 0 atom stereocenters. The number of benzene rings is 1. The molecule has 3 heteroatoms. The average molecular weight is 234 g/mol. The summed E-state index contributed by atoms with van der Waals surface area (Å²) in [6, 6.07) is 13.0. The van der Waals surface area contributed by atoms with E-state index in [-0.39, 0.29) is 18.2 Å². The van der Waals surface area contributed by atoms with E-state index in [1.165, 1.54) is 0 Å². The van der Waals surface area contributed by atoms with Crippen molar-refractivity contribution in [1.29, 1.82) is 0 Å². The molecule has 2 rings (SSSR count). The van der Waals surface area contributed by atoms with E-state index in [4.69, 9.17) is 0 Å². The van der Waals surface area contributed by atoms with E-state index in [0.717, 1.165) is 5.56 Å². The van der Waals surface area contributed by atoms with Crippen LogP contribution >= 0.6 is 0 Å². The fourth-order valence-electron chi connectivity index (χ4n) is 1.48. The van der Waals surface area contributed by atoms with Gasteiger partial charge >= 0.3 is 0 Å². The van der Waals surface area contributed by atoms with Gasteiger partial charge in [-0.3, -0.25) is 4.79 Å².